The normalized spacial score (nSPS) is 15.4. The Labute approximate surface area is 186 Å². The highest BCUT2D eigenvalue weighted by Gasteiger charge is 2.32. The van der Waals surface area contributed by atoms with Gasteiger partial charge >= 0.3 is 5.97 Å². The average Bonchev–Trinajstić information content (AvgIpc) is 2.70. The van der Waals surface area contributed by atoms with E-state index in [0.29, 0.717) is 6.42 Å². The summed E-state index contributed by atoms with van der Waals surface area (Å²) in [7, 11) is 0. The summed E-state index contributed by atoms with van der Waals surface area (Å²) >= 11 is 0. The number of nitrogens with one attached hydrogen (secondary N) is 3. The van der Waals surface area contributed by atoms with Gasteiger partial charge in [0.2, 0.25) is 29.5 Å². The first-order valence-electron chi connectivity index (χ1n) is 10.3. The molecule has 5 amide bonds. The Morgan fingerprint density at radius 2 is 1.25 bits per heavy atom. The summed E-state index contributed by atoms with van der Waals surface area (Å²) < 4.78 is 0. The van der Waals surface area contributed by atoms with Gasteiger partial charge in [0.15, 0.2) is 0 Å². The van der Waals surface area contributed by atoms with Gasteiger partial charge in [0.1, 0.15) is 18.1 Å². The fourth-order valence-electron chi connectivity index (χ4n) is 2.62. The summed E-state index contributed by atoms with van der Waals surface area (Å²) in [5.41, 5.74) is 15.7. The molecule has 0 saturated heterocycles. The molecule has 0 saturated carbocycles. The van der Waals surface area contributed by atoms with E-state index in [1.807, 2.05) is 0 Å². The van der Waals surface area contributed by atoms with Crippen LogP contribution < -0.4 is 33.2 Å². The monoisotopic (exact) mass is 458 g/mol. The van der Waals surface area contributed by atoms with Crippen molar-refractivity contribution in [3.8, 4) is 0 Å². The molecule has 0 aromatic carbocycles. The van der Waals surface area contributed by atoms with E-state index < -0.39 is 59.7 Å². The molecule has 0 radical (unpaired) electrons. The Bertz CT molecular complexity index is 712. The maximum Gasteiger partial charge on any atom is 0.326 e. The SMILES string of the molecule is CCC(C)C(NC(=O)C(C)N)C(=O)NC(CCC(N)=O)C(=O)NC(CCC(N)=O)C(=O)O. The Hall–Kier alpha value is -3.22. The standard InChI is InChI=1S/C19H34N6O7/c1-4-9(2)15(25-16(28)10(3)20)18(30)23-11(5-7-13(21)26)17(29)24-12(19(31)32)6-8-14(22)27/h9-12,15H,4-8,20H2,1-3H3,(H2,21,26)(H2,22,27)(H,23,30)(H,24,29)(H,25,28)(H,31,32). The molecule has 0 bridgehead atoms. The van der Waals surface area contributed by atoms with Crippen LogP contribution in [0.5, 0.6) is 0 Å². The Balaban J connectivity index is 5.55. The second-order valence-electron chi connectivity index (χ2n) is 7.63. The van der Waals surface area contributed by atoms with Gasteiger partial charge in [-0.25, -0.2) is 4.79 Å². The minimum absolute atomic E-state index is 0.205. The molecule has 13 heteroatoms. The first-order valence-corrected chi connectivity index (χ1v) is 10.3. The van der Waals surface area contributed by atoms with E-state index >= 15 is 0 Å². The lowest BCUT2D eigenvalue weighted by atomic mass is 9.97. The number of rotatable bonds is 15. The van der Waals surface area contributed by atoms with Gasteiger partial charge in [-0.1, -0.05) is 20.3 Å². The molecular formula is C19H34N6O7. The van der Waals surface area contributed by atoms with E-state index in [0.717, 1.165) is 0 Å². The third kappa shape index (κ3) is 10.7. The van der Waals surface area contributed by atoms with Crippen LogP contribution in [0.1, 0.15) is 52.9 Å². The largest absolute Gasteiger partial charge is 0.480 e. The summed E-state index contributed by atoms with van der Waals surface area (Å²) in [5, 5.41) is 16.5. The summed E-state index contributed by atoms with van der Waals surface area (Å²) in [6, 6.07) is -4.65. The van der Waals surface area contributed by atoms with Crippen LogP contribution in [0.2, 0.25) is 0 Å². The average molecular weight is 459 g/mol. The number of aliphatic carboxylic acids is 1. The quantitative estimate of drug-likeness (QED) is 0.137. The highest BCUT2D eigenvalue weighted by molar-refractivity contribution is 5.94. The van der Waals surface area contributed by atoms with Crippen molar-refractivity contribution in [3.05, 3.63) is 0 Å². The summed E-state index contributed by atoms with van der Waals surface area (Å²) in [6.45, 7) is 4.97. The van der Waals surface area contributed by atoms with Crippen molar-refractivity contribution in [2.75, 3.05) is 0 Å². The molecule has 13 nitrogen and oxygen atoms in total. The third-order valence-corrected chi connectivity index (χ3v) is 4.81. The van der Waals surface area contributed by atoms with Crippen LogP contribution in [0.3, 0.4) is 0 Å². The molecule has 0 fully saturated rings. The van der Waals surface area contributed by atoms with Crippen molar-refractivity contribution in [1.29, 1.82) is 0 Å². The first-order chi connectivity index (χ1) is 14.8. The number of carbonyl (C=O) groups excluding carboxylic acids is 5. The van der Waals surface area contributed by atoms with Crippen LogP contribution in [0.25, 0.3) is 0 Å². The fourth-order valence-corrected chi connectivity index (χ4v) is 2.62. The lowest BCUT2D eigenvalue weighted by molar-refractivity contribution is -0.143. The highest BCUT2D eigenvalue weighted by atomic mass is 16.4. The lowest BCUT2D eigenvalue weighted by Gasteiger charge is -2.27. The number of hydrogen-bond donors (Lipinski definition) is 7. The second kappa shape index (κ2) is 14.0. The van der Waals surface area contributed by atoms with Gasteiger partial charge in [-0.15, -0.1) is 0 Å². The Kier molecular flexibility index (Phi) is 12.6. The van der Waals surface area contributed by atoms with Gasteiger partial charge in [-0.05, 0) is 25.7 Å². The van der Waals surface area contributed by atoms with E-state index in [2.05, 4.69) is 16.0 Å². The second-order valence-corrected chi connectivity index (χ2v) is 7.63. The number of carbonyl (C=O) groups is 6. The van der Waals surface area contributed by atoms with Crippen LogP contribution in [0.4, 0.5) is 0 Å². The lowest BCUT2D eigenvalue weighted by Crippen LogP contribution is -2.58. The van der Waals surface area contributed by atoms with Crippen molar-refractivity contribution in [3.63, 3.8) is 0 Å². The maximum atomic E-state index is 12.9. The van der Waals surface area contributed by atoms with Crippen LogP contribution in [-0.2, 0) is 28.8 Å². The van der Waals surface area contributed by atoms with Crippen LogP contribution in [-0.4, -0.2) is 64.8 Å². The van der Waals surface area contributed by atoms with E-state index in [-0.39, 0.29) is 31.6 Å². The van der Waals surface area contributed by atoms with Gasteiger partial charge in [-0.3, -0.25) is 24.0 Å². The summed E-state index contributed by atoms with van der Waals surface area (Å²) in [5.74, 6) is -5.36. The number of hydrogen-bond acceptors (Lipinski definition) is 7. The summed E-state index contributed by atoms with van der Waals surface area (Å²) in [4.78, 5) is 71.1. The molecule has 182 valence electrons. The van der Waals surface area contributed by atoms with Crippen LogP contribution >= 0.6 is 0 Å². The van der Waals surface area contributed by atoms with E-state index in [1.165, 1.54) is 6.92 Å². The number of carboxylic acid groups (broad SMARTS) is 1. The fraction of sp³-hybridized carbons (Fsp3) is 0.684. The van der Waals surface area contributed by atoms with Crippen molar-refractivity contribution >= 4 is 35.5 Å². The third-order valence-electron chi connectivity index (χ3n) is 4.81. The first kappa shape index (κ1) is 28.8. The zero-order chi connectivity index (χ0) is 25.0. The molecule has 0 aromatic heterocycles. The molecule has 0 aromatic rings. The molecular weight excluding hydrogens is 424 g/mol. The van der Waals surface area contributed by atoms with Gasteiger partial charge in [0.25, 0.3) is 0 Å². The molecule has 0 rings (SSSR count). The van der Waals surface area contributed by atoms with Crippen molar-refractivity contribution in [2.45, 2.75) is 77.0 Å². The Morgan fingerprint density at radius 3 is 1.66 bits per heavy atom. The molecule has 0 heterocycles. The van der Waals surface area contributed by atoms with Gasteiger partial charge in [-0.2, -0.15) is 0 Å². The van der Waals surface area contributed by atoms with E-state index in [1.54, 1.807) is 13.8 Å². The van der Waals surface area contributed by atoms with E-state index in [9.17, 15) is 33.9 Å². The number of amides is 5. The predicted octanol–water partition coefficient (Wildman–Crippen LogP) is -2.55. The van der Waals surface area contributed by atoms with Crippen molar-refractivity contribution in [1.82, 2.24) is 16.0 Å². The number of primary amides is 2. The maximum absolute atomic E-state index is 12.9. The zero-order valence-electron chi connectivity index (χ0n) is 18.6. The molecule has 5 atom stereocenters. The highest BCUT2D eigenvalue weighted by Crippen LogP contribution is 2.10. The molecule has 0 aliphatic carbocycles. The van der Waals surface area contributed by atoms with Gasteiger partial charge in [0.05, 0.1) is 6.04 Å². The summed E-state index contributed by atoms with van der Waals surface area (Å²) in [6.07, 6.45) is -0.493. The van der Waals surface area contributed by atoms with Crippen molar-refractivity contribution in [2.24, 2.45) is 23.1 Å². The molecule has 32 heavy (non-hydrogen) atoms. The molecule has 0 aliphatic rings. The minimum Gasteiger partial charge on any atom is -0.480 e. The molecule has 0 aliphatic heterocycles. The van der Waals surface area contributed by atoms with Crippen LogP contribution in [0, 0.1) is 5.92 Å². The minimum atomic E-state index is -1.44. The molecule has 5 unspecified atom stereocenters. The van der Waals surface area contributed by atoms with Crippen LogP contribution in [0.15, 0.2) is 0 Å². The van der Waals surface area contributed by atoms with E-state index in [4.69, 9.17) is 17.2 Å². The van der Waals surface area contributed by atoms with Gasteiger partial charge in [0, 0.05) is 12.8 Å². The number of nitrogens with two attached hydrogens (primary N) is 3. The Morgan fingerprint density at radius 1 is 0.781 bits per heavy atom. The zero-order valence-corrected chi connectivity index (χ0v) is 18.6. The topological polar surface area (TPSA) is 237 Å². The van der Waals surface area contributed by atoms with Gasteiger partial charge < -0.3 is 38.3 Å². The molecule has 10 N–H and O–H groups in total. The predicted molar refractivity (Wildman–Crippen MR) is 113 cm³/mol. The molecule has 0 spiro atoms. The number of carboxylic acids is 1. The van der Waals surface area contributed by atoms with Crippen molar-refractivity contribution < 1.29 is 33.9 Å². The smallest absolute Gasteiger partial charge is 0.326 e.